The summed E-state index contributed by atoms with van der Waals surface area (Å²) < 4.78 is 0. The van der Waals surface area contributed by atoms with Crippen molar-refractivity contribution in [1.29, 1.82) is 0 Å². The first-order chi connectivity index (χ1) is 4.74. The van der Waals surface area contributed by atoms with E-state index in [0.29, 0.717) is 0 Å². The number of rotatable bonds is 1. The van der Waals surface area contributed by atoms with Gasteiger partial charge in [-0.1, -0.05) is 39.7 Å². The Balaban J connectivity index is 3.07. The molecule has 0 fully saturated rings. The average Bonchev–Trinajstić information content (AvgIpc) is 1.88. The summed E-state index contributed by atoms with van der Waals surface area (Å²) in [5.41, 5.74) is 2.35. The topological polar surface area (TPSA) is 0 Å². The number of hydrogen-bond donors (Lipinski definition) is 0. The van der Waals surface area contributed by atoms with Crippen LogP contribution in [0.4, 0.5) is 0 Å². The summed E-state index contributed by atoms with van der Waals surface area (Å²) in [5.74, 6) is 0. The first-order valence-corrected chi connectivity index (χ1v) is 4.55. The third-order valence-electron chi connectivity index (χ3n) is 1.35. The van der Waals surface area contributed by atoms with Crippen molar-refractivity contribution in [3.63, 3.8) is 0 Å². The van der Waals surface area contributed by atoms with Crippen LogP contribution in [0.1, 0.15) is 11.1 Å². The second kappa shape index (κ2) is 3.40. The highest BCUT2D eigenvalue weighted by atomic mass is 79.9. The zero-order valence-electron chi connectivity index (χ0n) is 5.70. The van der Waals surface area contributed by atoms with Crippen molar-refractivity contribution in [2.45, 2.75) is 12.3 Å². The molecule has 0 aliphatic carbocycles. The number of alkyl halides is 1. The third kappa shape index (κ3) is 1.74. The first-order valence-electron chi connectivity index (χ1n) is 3.05. The smallest absolute Gasteiger partial charge is 0.0449 e. The predicted octanol–water partition coefficient (Wildman–Crippen LogP) is 3.54. The van der Waals surface area contributed by atoms with E-state index in [1.165, 1.54) is 5.56 Å². The fraction of sp³-hybridized carbons (Fsp3) is 0.250. The maximum absolute atomic E-state index is 5.90. The van der Waals surface area contributed by atoms with Crippen molar-refractivity contribution < 1.29 is 0 Å². The molecule has 0 aliphatic rings. The molecule has 1 rings (SSSR count). The molecule has 1 aromatic rings. The number of hydrogen-bond acceptors (Lipinski definition) is 0. The Labute approximate surface area is 74.3 Å². The van der Waals surface area contributed by atoms with Gasteiger partial charge in [-0.2, -0.15) is 0 Å². The molecular weight excluding hydrogens is 211 g/mol. The van der Waals surface area contributed by atoms with Crippen LogP contribution in [0, 0.1) is 6.92 Å². The molecule has 0 saturated heterocycles. The van der Waals surface area contributed by atoms with E-state index in [2.05, 4.69) is 22.0 Å². The van der Waals surface area contributed by atoms with Crippen LogP contribution in [-0.4, -0.2) is 0 Å². The van der Waals surface area contributed by atoms with Crippen LogP contribution in [0.5, 0.6) is 0 Å². The molecule has 0 spiro atoms. The van der Waals surface area contributed by atoms with Gasteiger partial charge in [-0.3, -0.25) is 0 Å². The number of halogens is 2. The largest absolute Gasteiger partial charge is 0.0876 e. The van der Waals surface area contributed by atoms with Crippen LogP contribution in [-0.2, 0) is 5.33 Å². The molecule has 0 aliphatic heterocycles. The first kappa shape index (κ1) is 8.09. The summed E-state index contributed by atoms with van der Waals surface area (Å²) in [6, 6.07) is 6.06. The SMILES string of the molecule is Cc1ccc(CBr)c(Cl)c1. The molecule has 0 nitrogen and oxygen atoms in total. The number of aryl methyl sites for hydroxylation is 1. The van der Waals surface area contributed by atoms with Gasteiger partial charge in [0, 0.05) is 10.4 Å². The minimum atomic E-state index is 0.826. The van der Waals surface area contributed by atoms with Crippen LogP contribution in [0.2, 0.25) is 5.02 Å². The molecular formula is C8H8BrCl. The lowest BCUT2D eigenvalue weighted by atomic mass is 10.2. The molecule has 0 heterocycles. The standard InChI is InChI=1S/C8H8BrCl/c1-6-2-3-7(5-9)8(10)4-6/h2-4H,5H2,1H3. The van der Waals surface area contributed by atoms with Crippen molar-refractivity contribution in [2.75, 3.05) is 0 Å². The molecule has 0 aromatic heterocycles. The van der Waals surface area contributed by atoms with E-state index < -0.39 is 0 Å². The maximum Gasteiger partial charge on any atom is 0.0449 e. The Kier molecular flexibility index (Phi) is 2.75. The summed E-state index contributed by atoms with van der Waals surface area (Å²) in [6.07, 6.45) is 0. The Morgan fingerprint density at radius 1 is 1.50 bits per heavy atom. The highest BCUT2D eigenvalue weighted by molar-refractivity contribution is 9.08. The fourth-order valence-electron chi connectivity index (χ4n) is 0.761. The monoisotopic (exact) mass is 218 g/mol. The Morgan fingerprint density at radius 3 is 2.70 bits per heavy atom. The van der Waals surface area contributed by atoms with E-state index in [1.807, 2.05) is 19.1 Å². The minimum Gasteiger partial charge on any atom is -0.0876 e. The lowest BCUT2D eigenvalue weighted by Crippen LogP contribution is -1.79. The molecule has 0 radical (unpaired) electrons. The summed E-state index contributed by atoms with van der Waals surface area (Å²) in [5, 5.41) is 1.67. The summed E-state index contributed by atoms with van der Waals surface area (Å²) in [6.45, 7) is 2.03. The summed E-state index contributed by atoms with van der Waals surface area (Å²) in [7, 11) is 0. The molecule has 0 N–H and O–H groups in total. The fourth-order valence-corrected chi connectivity index (χ4v) is 1.71. The van der Waals surface area contributed by atoms with Gasteiger partial charge >= 0.3 is 0 Å². The molecule has 0 atom stereocenters. The van der Waals surface area contributed by atoms with Crippen LogP contribution < -0.4 is 0 Å². The van der Waals surface area contributed by atoms with Gasteiger partial charge in [-0.15, -0.1) is 0 Å². The van der Waals surface area contributed by atoms with Crippen molar-refractivity contribution in [3.8, 4) is 0 Å². The molecule has 0 bridgehead atoms. The Bertz CT molecular complexity index is 233. The average molecular weight is 220 g/mol. The molecule has 10 heavy (non-hydrogen) atoms. The minimum absolute atomic E-state index is 0.826. The van der Waals surface area contributed by atoms with Crippen molar-refractivity contribution in [3.05, 3.63) is 34.3 Å². The molecule has 0 amide bonds. The van der Waals surface area contributed by atoms with Gasteiger partial charge in [0.2, 0.25) is 0 Å². The van der Waals surface area contributed by atoms with Crippen molar-refractivity contribution >= 4 is 27.5 Å². The highest BCUT2D eigenvalue weighted by Gasteiger charge is 1.96. The van der Waals surface area contributed by atoms with Gasteiger partial charge in [-0.25, -0.2) is 0 Å². The maximum atomic E-state index is 5.90. The third-order valence-corrected chi connectivity index (χ3v) is 2.31. The van der Waals surface area contributed by atoms with Crippen LogP contribution >= 0.6 is 27.5 Å². The second-order valence-corrected chi connectivity index (χ2v) is 3.20. The lowest BCUT2D eigenvalue weighted by Gasteiger charge is -1.99. The number of benzene rings is 1. The molecule has 2 heteroatoms. The van der Waals surface area contributed by atoms with Gasteiger partial charge in [0.05, 0.1) is 0 Å². The summed E-state index contributed by atoms with van der Waals surface area (Å²) in [4.78, 5) is 0. The summed E-state index contributed by atoms with van der Waals surface area (Å²) >= 11 is 9.25. The molecule has 54 valence electrons. The highest BCUT2D eigenvalue weighted by Crippen LogP contribution is 2.19. The quantitative estimate of drug-likeness (QED) is 0.634. The zero-order chi connectivity index (χ0) is 7.56. The van der Waals surface area contributed by atoms with E-state index in [4.69, 9.17) is 11.6 Å². The van der Waals surface area contributed by atoms with Gasteiger partial charge < -0.3 is 0 Å². The molecule has 0 saturated carbocycles. The van der Waals surface area contributed by atoms with Gasteiger partial charge in [0.25, 0.3) is 0 Å². The lowest BCUT2D eigenvalue weighted by molar-refractivity contribution is 1.38. The normalized spacial score (nSPS) is 9.90. The predicted molar refractivity (Wildman–Crippen MR) is 48.8 cm³/mol. The van der Waals surface area contributed by atoms with Crippen molar-refractivity contribution in [1.82, 2.24) is 0 Å². The van der Waals surface area contributed by atoms with E-state index in [9.17, 15) is 0 Å². The van der Waals surface area contributed by atoms with E-state index in [1.54, 1.807) is 0 Å². The van der Waals surface area contributed by atoms with E-state index in [-0.39, 0.29) is 0 Å². The van der Waals surface area contributed by atoms with Gasteiger partial charge in [0.1, 0.15) is 0 Å². The zero-order valence-corrected chi connectivity index (χ0v) is 8.04. The van der Waals surface area contributed by atoms with E-state index >= 15 is 0 Å². The van der Waals surface area contributed by atoms with Crippen LogP contribution in [0.25, 0.3) is 0 Å². The van der Waals surface area contributed by atoms with Gasteiger partial charge in [-0.05, 0) is 24.1 Å². The van der Waals surface area contributed by atoms with E-state index in [0.717, 1.165) is 15.9 Å². The Morgan fingerprint density at radius 2 is 2.20 bits per heavy atom. The van der Waals surface area contributed by atoms with Gasteiger partial charge in [0.15, 0.2) is 0 Å². The molecule has 0 unspecified atom stereocenters. The van der Waals surface area contributed by atoms with Crippen LogP contribution in [0.3, 0.4) is 0 Å². The molecule has 1 aromatic carbocycles. The Hall–Kier alpha value is -0.0100. The van der Waals surface area contributed by atoms with Crippen molar-refractivity contribution in [2.24, 2.45) is 0 Å². The second-order valence-electron chi connectivity index (χ2n) is 2.23. The van der Waals surface area contributed by atoms with Crippen LogP contribution in [0.15, 0.2) is 18.2 Å².